The van der Waals surface area contributed by atoms with Crippen molar-refractivity contribution in [3.63, 3.8) is 0 Å². The van der Waals surface area contributed by atoms with E-state index in [4.69, 9.17) is 23.2 Å². The Labute approximate surface area is 171 Å². The molecule has 8 heteroatoms. The SMILES string of the molecule is C=C(c1nc(-c2c[nH]c3ncc(Cl)cc23)ncc1Cl)C1(C(=O)O)CCCCC1. The largest absolute Gasteiger partial charge is 0.481 e. The molecule has 3 aromatic heterocycles. The van der Waals surface area contributed by atoms with E-state index in [9.17, 15) is 9.90 Å². The molecule has 0 saturated heterocycles. The molecule has 0 radical (unpaired) electrons. The van der Waals surface area contributed by atoms with Gasteiger partial charge in [0.15, 0.2) is 5.82 Å². The molecule has 0 amide bonds. The Bertz CT molecular complexity index is 1090. The summed E-state index contributed by atoms with van der Waals surface area (Å²) in [5, 5.41) is 11.5. The number of H-pyrrole nitrogens is 1. The van der Waals surface area contributed by atoms with Gasteiger partial charge in [-0.05, 0) is 24.5 Å². The van der Waals surface area contributed by atoms with Gasteiger partial charge in [0.2, 0.25) is 0 Å². The van der Waals surface area contributed by atoms with E-state index in [0.29, 0.717) is 46.2 Å². The molecule has 4 rings (SSSR count). The molecule has 1 aliphatic rings. The quantitative estimate of drug-likeness (QED) is 0.595. The molecule has 28 heavy (non-hydrogen) atoms. The van der Waals surface area contributed by atoms with E-state index in [1.807, 2.05) is 0 Å². The zero-order valence-electron chi connectivity index (χ0n) is 15.0. The molecule has 144 valence electrons. The predicted octanol–water partition coefficient (Wildman–Crippen LogP) is 5.38. The highest BCUT2D eigenvalue weighted by molar-refractivity contribution is 6.32. The van der Waals surface area contributed by atoms with Crippen molar-refractivity contribution in [1.29, 1.82) is 0 Å². The maximum atomic E-state index is 12.2. The van der Waals surface area contributed by atoms with E-state index in [1.165, 1.54) is 6.20 Å². The first-order chi connectivity index (χ1) is 13.4. The van der Waals surface area contributed by atoms with E-state index in [2.05, 4.69) is 26.5 Å². The zero-order valence-corrected chi connectivity index (χ0v) is 16.5. The minimum atomic E-state index is -1.04. The Morgan fingerprint density at radius 1 is 1.18 bits per heavy atom. The number of carbonyl (C=O) groups is 1. The van der Waals surface area contributed by atoms with Gasteiger partial charge in [-0.15, -0.1) is 0 Å². The van der Waals surface area contributed by atoms with Gasteiger partial charge in [-0.1, -0.05) is 49.0 Å². The summed E-state index contributed by atoms with van der Waals surface area (Å²) in [5.74, 6) is -0.469. The van der Waals surface area contributed by atoms with Crippen molar-refractivity contribution < 1.29 is 9.90 Å². The number of aromatic nitrogens is 4. The van der Waals surface area contributed by atoms with Gasteiger partial charge in [0.25, 0.3) is 0 Å². The second-order valence-electron chi connectivity index (χ2n) is 7.07. The molecule has 0 spiro atoms. The van der Waals surface area contributed by atoms with Crippen LogP contribution in [0.3, 0.4) is 0 Å². The number of carboxylic acids is 1. The summed E-state index contributed by atoms with van der Waals surface area (Å²) in [6, 6.07) is 1.78. The van der Waals surface area contributed by atoms with Crippen molar-refractivity contribution in [3.8, 4) is 11.4 Å². The first kappa shape index (κ1) is 18.9. The number of rotatable bonds is 4. The van der Waals surface area contributed by atoms with Crippen molar-refractivity contribution in [2.45, 2.75) is 32.1 Å². The van der Waals surface area contributed by atoms with Crippen LogP contribution in [-0.4, -0.2) is 31.0 Å². The second kappa shape index (κ2) is 7.18. The van der Waals surface area contributed by atoms with Gasteiger partial charge in [0.05, 0.1) is 27.4 Å². The van der Waals surface area contributed by atoms with Gasteiger partial charge in [-0.3, -0.25) is 4.79 Å². The standard InChI is InChI=1S/C20H18Cl2N4O2/c1-11(20(19(27)28)5-3-2-4-6-20)16-15(22)10-25-18(26-16)14-9-24-17-13(14)7-12(21)8-23-17/h7-10H,1-6H2,(H,23,24)(H,27,28). The number of hydrogen-bond acceptors (Lipinski definition) is 4. The highest BCUT2D eigenvalue weighted by Crippen LogP contribution is 2.47. The van der Waals surface area contributed by atoms with Crippen LogP contribution in [0.4, 0.5) is 0 Å². The highest BCUT2D eigenvalue weighted by Gasteiger charge is 2.43. The number of carboxylic acid groups (broad SMARTS) is 1. The van der Waals surface area contributed by atoms with Gasteiger partial charge < -0.3 is 10.1 Å². The Morgan fingerprint density at radius 2 is 1.93 bits per heavy atom. The molecule has 2 N–H and O–H groups in total. The van der Waals surface area contributed by atoms with Crippen molar-refractivity contribution >= 4 is 45.8 Å². The first-order valence-electron chi connectivity index (χ1n) is 9.01. The topological polar surface area (TPSA) is 91.8 Å². The van der Waals surface area contributed by atoms with Crippen LogP contribution < -0.4 is 0 Å². The fourth-order valence-electron chi connectivity index (χ4n) is 3.90. The van der Waals surface area contributed by atoms with Crippen LogP contribution in [0.1, 0.15) is 37.8 Å². The normalized spacial score (nSPS) is 16.2. The highest BCUT2D eigenvalue weighted by atomic mass is 35.5. The summed E-state index contributed by atoms with van der Waals surface area (Å²) in [4.78, 5) is 28.4. The van der Waals surface area contributed by atoms with Crippen LogP contribution in [0.25, 0.3) is 28.0 Å². The van der Waals surface area contributed by atoms with Crippen molar-refractivity contribution in [1.82, 2.24) is 19.9 Å². The number of hydrogen-bond donors (Lipinski definition) is 2. The van der Waals surface area contributed by atoms with E-state index in [-0.39, 0.29) is 5.02 Å². The number of halogens is 2. The van der Waals surface area contributed by atoms with Gasteiger partial charge in [0.1, 0.15) is 5.65 Å². The van der Waals surface area contributed by atoms with E-state index >= 15 is 0 Å². The van der Waals surface area contributed by atoms with Crippen LogP contribution in [0.15, 0.2) is 31.2 Å². The summed E-state index contributed by atoms with van der Waals surface area (Å²) in [6.07, 6.45) is 8.55. The van der Waals surface area contributed by atoms with Gasteiger partial charge >= 0.3 is 5.97 Å². The number of nitrogens with zero attached hydrogens (tertiary/aromatic N) is 3. The van der Waals surface area contributed by atoms with E-state index in [1.54, 1.807) is 18.5 Å². The van der Waals surface area contributed by atoms with Crippen LogP contribution in [0.5, 0.6) is 0 Å². The van der Waals surface area contributed by atoms with E-state index in [0.717, 1.165) is 24.6 Å². The van der Waals surface area contributed by atoms with Crippen LogP contribution >= 0.6 is 23.2 Å². The average Bonchev–Trinajstić information content (AvgIpc) is 3.11. The molecular formula is C20H18Cl2N4O2. The summed E-state index contributed by atoms with van der Waals surface area (Å²) in [6.45, 7) is 4.10. The molecular weight excluding hydrogens is 399 g/mol. The lowest BCUT2D eigenvalue weighted by Crippen LogP contribution is -2.34. The van der Waals surface area contributed by atoms with Crippen LogP contribution in [0, 0.1) is 5.41 Å². The lowest BCUT2D eigenvalue weighted by atomic mass is 9.68. The minimum absolute atomic E-state index is 0.288. The number of nitrogens with one attached hydrogen (secondary N) is 1. The molecule has 6 nitrogen and oxygen atoms in total. The minimum Gasteiger partial charge on any atom is -0.481 e. The van der Waals surface area contributed by atoms with Crippen LogP contribution in [-0.2, 0) is 4.79 Å². The van der Waals surface area contributed by atoms with Gasteiger partial charge in [-0.25, -0.2) is 15.0 Å². The lowest BCUT2D eigenvalue weighted by molar-refractivity contribution is -0.146. The smallest absolute Gasteiger partial charge is 0.314 e. The Morgan fingerprint density at radius 3 is 2.64 bits per heavy atom. The average molecular weight is 417 g/mol. The third-order valence-corrected chi connectivity index (χ3v) is 5.95. The summed E-state index contributed by atoms with van der Waals surface area (Å²) in [5.41, 5.74) is 1.14. The molecule has 3 heterocycles. The fraction of sp³-hybridized carbons (Fsp3) is 0.300. The summed E-state index contributed by atoms with van der Waals surface area (Å²) in [7, 11) is 0. The number of aliphatic carboxylic acids is 1. The summed E-state index contributed by atoms with van der Waals surface area (Å²) >= 11 is 12.4. The van der Waals surface area contributed by atoms with E-state index < -0.39 is 11.4 Å². The maximum absolute atomic E-state index is 12.2. The molecule has 0 aromatic carbocycles. The second-order valence-corrected chi connectivity index (χ2v) is 7.91. The number of aromatic amines is 1. The number of pyridine rings is 1. The predicted molar refractivity (Wildman–Crippen MR) is 109 cm³/mol. The Hall–Kier alpha value is -2.44. The Balaban J connectivity index is 1.82. The molecule has 1 saturated carbocycles. The molecule has 0 aliphatic heterocycles. The van der Waals surface area contributed by atoms with Gasteiger partial charge in [-0.2, -0.15) is 0 Å². The first-order valence-corrected chi connectivity index (χ1v) is 9.77. The monoisotopic (exact) mass is 416 g/mol. The Kier molecular flexibility index (Phi) is 4.85. The molecule has 0 bridgehead atoms. The molecule has 3 aromatic rings. The van der Waals surface area contributed by atoms with Crippen molar-refractivity contribution in [3.05, 3.63) is 47.0 Å². The fourth-order valence-corrected chi connectivity index (χ4v) is 4.26. The number of fused-ring (bicyclic) bond motifs is 1. The van der Waals surface area contributed by atoms with Crippen molar-refractivity contribution in [2.24, 2.45) is 5.41 Å². The third kappa shape index (κ3) is 3.06. The molecule has 0 unspecified atom stereocenters. The van der Waals surface area contributed by atoms with Gasteiger partial charge in [0, 0.05) is 23.3 Å². The third-order valence-electron chi connectivity index (χ3n) is 5.46. The lowest BCUT2D eigenvalue weighted by Gasteiger charge is -2.35. The zero-order chi connectivity index (χ0) is 19.9. The molecule has 1 fully saturated rings. The summed E-state index contributed by atoms with van der Waals surface area (Å²) < 4.78 is 0. The molecule has 0 atom stereocenters. The van der Waals surface area contributed by atoms with Crippen molar-refractivity contribution in [2.75, 3.05) is 0 Å². The maximum Gasteiger partial charge on any atom is 0.314 e. The van der Waals surface area contributed by atoms with Crippen LogP contribution in [0.2, 0.25) is 10.0 Å². The molecule has 1 aliphatic carbocycles.